The number of nitrogens with zero attached hydrogens (tertiary/aromatic N) is 2. The molecule has 1 heterocycles. The molecule has 0 fully saturated rings. The third-order valence-electron chi connectivity index (χ3n) is 3.17. The largest absolute Gasteiger partial charge is 0.480 e. The second kappa shape index (κ2) is 5.34. The van der Waals surface area contributed by atoms with Gasteiger partial charge in [-0.15, -0.1) is 0 Å². The molecule has 1 atom stereocenters. The maximum absolute atomic E-state index is 12.0. The summed E-state index contributed by atoms with van der Waals surface area (Å²) in [5.41, 5.74) is 7.71. The number of carboxylic acids is 1. The third kappa shape index (κ3) is 2.65. The van der Waals surface area contributed by atoms with E-state index in [4.69, 9.17) is 10.8 Å². The minimum atomic E-state index is -1.04. The molecule has 0 spiro atoms. The summed E-state index contributed by atoms with van der Waals surface area (Å²) in [4.78, 5) is 22.8. The van der Waals surface area contributed by atoms with Crippen LogP contribution in [0.5, 0.6) is 0 Å². The van der Waals surface area contributed by atoms with Gasteiger partial charge in [-0.2, -0.15) is 0 Å². The number of imidazole rings is 1. The number of carboxylic acid groups (broad SMARTS) is 1. The molecular weight excluding hydrogens is 258 g/mol. The van der Waals surface area contributed by atoms with Crippen LogP contribution >= 0.6 is 0 Å². The van der Waals surface area contributed by atoms with Crippen LogP contribution in [0.25, 0.3) is 5.69 Å². The van der Waals surface area contributed by atoms with Crippen LogP contribution in [0.1, 0.15) is 11.3 Å². The van der Waals surface area contributed by atoms with Crippen molar-refractivity contribution in [1.82, 2.24) is 9.13 Å². The van der Waals surface area contributed by atoms with Crippen LogP contribution in [0.15, 0.2) is 35.3 Å². The van der Waals surface area contributed by atoms with Gasteiger partial charge in [0.1, 0.15) is 6.04 Å². The van der Waals surface area contributed by atoms with Crippen molar-refractivity contribution in [3.05, 3.63) is 52.2 Å². The van der Waals surface area contributed by atoms with Crippen molar-refractivity contribution in [1.29, 1.82) is 0 Å². The predicted octanol–water partition coefficient (Wildman–Crippen LogP) is 0.439. The minimum absolute atomic E-state index is 0.137. The highest BCUT2D eigenvalue weighted by atomic mass is 16.4. The smallest absolute Gasteiger partial charge is 0.332 e. The van der Waals surface area contributed by atoms with Crippen molar-refractivity contribution >= 4 is 5.97 Å². The number of nitrogens with two attached hydrogens (primary N) is 1. The molecule has 1 aromatic carbocycles. The van der Waals surface area contributed by atoms with Crippen molar-refractivity contribution in [2.24, 2.45) is 12.8 Å². The fourth-order valence-corrected chi connectivity index (χ4v) is 2.18. The SMILES string of the molecule is Cc1cn(C)c(=O)n1-c1cccc(CC(N)C(=O)O)c1. The average molecular weight is 275 g/mol. The monoisotopic (exact) mass is 275 g/mol. The fourth-order valence-electron chi connectivity index (χ4n) is 2.18. The molecule has 1 unspecified atom stereocenters. The van der Waals surface area contributed by atoms with Gasteiger partial charge in [-0.1, -0.05) is 12.1 Å². The maximum atomic E-state index is 12.0. The van der Waals surface area contributed by atoms with E-state index in [1.807, 2.05) is 13.0 Å². The first-order chi connectivity index (χ1) is 9.40. The summed E-state index contributed by atoms with van der Waals surface area (Å²) in [6.07, 6.45) is 1.97. The lowest BCUT2D eigenvalue weighted by atomic mass is 10.1. The van der Waals surface area contributed by atoms with Crippen LogP contribution in [0.2, 0.25) is 0 Å². The van der Waals surface area contributed by atoms with Crippen LogP contribution < -0.4 is 11.4 Å². The number of rotatable bonds is 4. The Hall–Kier alpha value is -2.34. The molecule has 0 aliphatic heterocycles. The van der Waals surface area contributed by atoms with Crippen molar-refractivity contribution in [3.63, 3.8) is 0 Å². The Balaban J connectivity index is 2.40. The van der Waals surface area contributed by atoms with Gasteiger partial charge in [0.05, 0.1) is 5.69 Å². The lowest BCUT2D eigenvalue weighted by molar-refractivity contribution is -0.138. The lowest BCUT2D eigenvalue weighted by Crippen LogP contribution is -2.32. The summed E-state index contributed by atoms with van der Waals surface area (Å²) >= 11 is 0. The number of aliphatic carboxylic acids is 1. The van der Waals surface area contributed by atoms with Gasteiger partial charge >= 0.3 is 11.7 Å². The minimum Gasteiger partial charge on any atom is -0.480 e. The van der Waals surface area contributed by atoms with Crippen LogP contribution in [0.3, 0.4) is 0 Å². The quantitative estimate of drug-likeness (QED) is 0.847. The summed E-state index contributed by atoms with van der Waals surface area (Å²) in [5.74, 6) is -1.04. The van der Waals surface area contributed by atoms with Gasteiger partial charge < -0.3 is 15.4 Å². The Morgan fingerprint density at radius 2 is 2.15 bits per heavy atom. The molecule has 0 aliphatic carbocycles. The van der Waals surface area contributed by atoms with E-state index in [9.17, 15) is 9.59 Å². The first-order valence-electron chi connectivity index (χ1n) is 6.23. The van der Waals surface area contributed by atoms with Gasteiger partial charge in [-0.05, 0) is 31.0 Å². The topological polar surface area (TPSA) is 90.3 Å². The molecule has 1 aromatic heterocycles. The Morgan fingerprint density at radius 1 is 1.45 bits per heavy atom. The molecule has 2 aromatic rings. The van der Waals surface area contributed by atoms with E-state index < -0.39 is 12.0 Å². The summed E-state index contributed by atoms with van der Waals surface area (Å²) < 4.78 is 3.08. The zero-order chi connectivity index (χ0) is 14.9. The zero-order valence-corrected chi connectivity index (χ0v) is 11.4. The lowest BCUT2D eigenvalue weighted by Gasteiger charge is -2.09. The second-order valence-corrected chi connectivity index (χ2v) is 4.82. The van der Waals surface area contributed by atoms with Gasteiger partial charge in [-0.3, -0.25) is 9.36 Å². The highest BCUT2D eigenvalue weighted by molar-refractivity contribution is 5.73. The molecule has 0 aliphatic rings. The maximum Gasteiger partial charge on any atom is 0.332 e. The Kier molecular flexibility index (Phi) is 3.76. The van der Waals surface area contributed by atoms with Crippen molar-refractivity contribution in [2.75, 3.05) is 0 Å². The molecular formula is C14H17N3O3. The van der Waals surface area contributed by atoms with Gasteiger partial charge in [0, 0.05) is 18.9 Å². The summed E-state index contributed by atoms with van der Waals surface area (Å²) in [6, 6.07) is 6.24. The number of hydrogen-bond acceptors (Lipinski definition) is 3. The molecule has 0 saturated carbocycles. The summed E-state index contributed by atoms with van der Waals surface area (Å²) in [7, 11) is 1.69. The Labute approximate surface area is 116 Å². The molecule has 0 saturated heterocycles. The van der Waals surface area contributed by atoms with Gasteiger partial charge in [0.2, 0.25) is 0 Å². The molecule has 6 nitrogen and oxygen atoms in total. The zero-order valence-electron chi connectivity index (χ0n) is 11.4. The second-order valence-electron chi connectivity index (χ2n) is 4.82. The van der Waals surface area contributed by atoms with E-state index in [0.29, 0.717) is 5.69 Å². The van der Waals surface area contributed by atoms with Crippen molar-refractivity contribution in [2.45, 2.75) is 19.4 Å². The van der Waals surface area contributed by atoms with E-state index in [2.05, 4.69) is 0 Å². The normalized spacial score (nSPS) is 12.3. The van der Waals surface area contributed by atoms with E-state index in [-0.39, 0.29) is 12.1 Å². The molecule has 0 amide bonds. The molecule has 3 N–H and O–H groups in total. The van der Waals surface area contributed by atoms with E-state index in [0.717, 1.165) is 11.3 Å². The predicted molar refractivity (Wildman–Crippen MR) is 75.1 cm³/mol. The fraction of sp³-hybridized carbons (Fsp3) is 0.286. The average Bonchev–Trinajstić information content (AvgIpc) is 2.63. The van der Waals surface area contributed by atoms with Crippen LogP contribution in [0, 0.1) is 6.92 Å². The highest BCUT2D eigenvalue weighted by Gasteiger charge is 2.13. The molecule has 0 radical (unpaired) electrons. The molecule has 6 heteroatoms. The van der Waals surface area contributed by atoms with E-state index in [1.54, 1.807) is 36.0 Å². The van der Waals surface area contributed by atoms with Gasteiger partial charge in [0.15, 0.2) is 0 Å². The van der Waals surface area contributed by atoms with Crippen molar-refractivity contribution in [3.8, 4) is 5.69 Å². The summed E-state index contributed by atoms with van der Waals surface area (Å²) in [5, 5.41) is 8.84. The van der Waals surface area contributed by atoms with Crippen LogP contribution in [-0.4, -0.2) is 26.3 Å². The number of aryl methyl sites for hydroxylation is 2. The number of hydrogen-bond donors (Lipinski definition) is 2. The molecule has 20 heavy (non-hydrogen) atoms. The van der Waals surface area contributed by atoms with Crippen LogP contribution in [0.4, 0.5) is 0 Å². The Bertz CT molecular complexity index is 700. The number of benzene rings is 1. The van der Waals surface area contributed by atoms with Gasteiger partial charge in [-0.25, -0.2) is 4.79 Å². The Morgan fingerprint density at radius 3 is 2.70 bits per heavy atom. The molecule has 2 rings (SSSR count). The first-order valence-corrected chi connectivity index (χ1v) is 6.23. The molecule has 0 bridgehead atoms. The number of carbonyl (C=O) groups is 1. The highest BCUT2D eigenvalue weighted by Crippen LogP contribution is 2.12. The third-order valence-corrected chi connectivity index (χ3v) is 3.17. The van der Waals surface area contributed by atoms with Crippen LogP contribution in [-0.2, 0) is 18.3 Å². The number of aromatic nitrogens is 2. The molecule has 106 valence electrons. The van der Waals surface area contributed by atoms with Gasteiger partial charge in [0.25, 0.3) is 0 Å². The standard InChI is InChI=1S/C14H17N3O3/c1-9-8-16(2)14(20)17(9)11-5-3-4-10(6-11)7-12(15)13(18)19/h3-6,8,12H,7,15H2,1-2H3,(H,18,19). The van der Waals surface area contributed by atoms with Crippen molar-refractivity contribution < 1.29 is 9.90 Å². The van der Waals surface area contributed by atoms with E-state index >= 15 is 0 Å². The van der Waals surface area contributed by atoms with E-state index in [1.165, 1.54) is 4.57 Å². The first kappa shape index (κ1) is 14.1. The summed E-state index contributed by atoms with van der Waals surface area (Å²) in [6.45, 7) is 1.84.